The van der Waals surface area contributed by atoms with Crippen molar-refractivity contribution >= 4 is 44.6 Å². The van der Waals surface area contributed by atoms with E-state index in [1.165, 1.54) is 0 Å². The fourth-order valence-electron chi connectivity index (χ4n) is 4.05. The normalized spacial score (nSPS) is 16.2. The zero-order valence-corrected chi connectivity index (χ0v) is 20.0. The summed E-state index contributed by atoms with van der Waals surface area (Å²) in [5.41, 5.74) is 3.65. The van der Waals surface area contributed by atoms with Crippen LogP contribution in [0.5, 0.6) is 5.75 Å². The lowest BCUT2D eigenvalue weighted by Gasteiger charge is -2.31. The Labute approximate surface area is 201 Å². The van der Waals surface area contributed by atoms with Crippen LogP contribution in [0.25, 0.3) is 16.2 Å². The van der Waals surface area contributed by atoms with Crippen LogP contribution in [-0.4, -0.2) is 40.7 Å². The molecule has 1 aliphatic rings. The van der Waals surface area contributed by atoms with Gasteiger partial charge in [0.2, 0.25) is 16.0 Å². The third kappa shape index (κ3) is 4.54. The molecule has 3 heterocycles. The maximum atomic E-state index is 13.0. The van der Waals surface area contributed by atoms with Gasteiger partial charge in [-0.1, -0.05) is 29.0 Å². The summed E-state index contributed by atoms with van der Waals surface area (Å²) in [6, 6.07) is 13.4. The molecule has 0 unspecified atom stereocenters. The predicted octanol–water partition coefficient (Wildman–Crippen LogP) is 5.28. The molecule has 7 nitrogen and oxygen atoms in total. The van der Waals surface area contributed by atoms with E-state index in [1.54, 1.807) is 24.5 Å². The number of benzene rings is 2. The van der Waals surface area contributed by atoms with E-state index in [1.807, 2.05) is 54.0 Å². The Kier molecular flexibility index (Phi) is 5.95. The minimum absolute atomic E-state index is 0.0215. The number of aromatic nitrogens is 3. The lowest BCUT2D eigenvalue weighted by Crippen LogP contribution is -2.40. The molecular formula is C24H24ClN5O2S. The van der Waals surface area contributed by atoms with Crippen LogP contribution in [-0.2, 0) is 4.79 Å². The molecule has 170 valence electrons. The Bertz CT molecular complexity index is 1270. The first-order valence-electron chi connectivity index (χ1n) is 10.8. The number of methoxy groups -OCH3 is 1. The van der Waals surface area contributed by atoms with Gasteiger partial charge in [-0.3, -0.25) is 4.79 Å². The number of nitrogens with one attached hydrogen (secondary N) is 1. The highest BCUT2D eigenvalue weighted by Gasteiger charge is 2.28. The average Bonchev–Trinajstić information content (AvgIpc) is 3.41. The SMILES string of the molecule is COc1ccc(-c2cn3nc(N4CCC[C@H](C(=O)Nc5cc(Cl)ccc5C)C4)sc3n2)cc1. The van der Waals surface area contributed by atoms with Crippen molar-refractivity contribution in [3.05, 3.63) is 59.2 Å². The van der Waals surface area contributed by atoms with Crippen LogP contribution in [0.15, 0.2) is 48.7 Å². The van der Waals surface area contributed by atoms with E-state index in [9.17, 15) is 4.79 Å². The van der Waals surface area contributed by atoms with E-state index in [0.29, 0.717) is 11.6 Å². The van der Waals surface area contributed by atoms with Gasteiger partial charge in [0, 0.05) is 29.4 Å². The monoisotopic (exact) mass is 481 g/mol. The number of piperidine rings is 1. The van der Waals surface area contributed by atoms with Gasteiger partial charge in [-0.15, -0.1) is 5.10 Å². The molecule has 5 rings (SSSR count). The number of nitrogens with zero attached hydrogens (tertiary/aromatic N) is 4. The van der Waals surface area contributed by atoms with Crippen molar-refractivity contribution in [3.63, 3.8) is 0 Å². The van der Waals surface area contributed by atoms with Gasteiger partial charge in [0.15, 0.2) is 0 Å². The molecule has 1 fully saturated rings. The molecule has 2 aromatic carbocycles. The van der Waals surface area contributed by atoms with Crippen LogP contribution < -0.4 is 15.0 Å². The Balaban J connectivity index is 1.29. The second kappa shape index (κ2) is 9.03. The number of anilines is 2. The van der Waals surface area contributed by atoms with Crippen molar-refractivity contribution in [3.8, 4) is 17.0 Å². The highest BCUT2D eigenvalue weighted by molar-refractivity contribution is 7.20. The van der Waals surface area contributed by atoms with Crippen LogP contribution >= 0.6 is 22.9 Å². The van der Waals surface area contributed by atoms with Gasteiger partial charge in [-0.05, 0) is 61.7 Å². The molecular weight excluding hydrogens is 458 g/mol. The molecule has 33 heavy (non-hydrogen) atoms. The quantitative estimate of drug-likeness (QED) is 0.419. The van der Waals surface area contributed by atoms with Gasteiger partial charge >= 0.3 is 0 Å². The number of imidazole rings is 1. The molecule has 0 radical (unpaired) electrons. The van der Waals surface area contributed by atoms with Crippen LogP contribution in [0.2, 0.25) is 5.02 Å². The highest BCUT2D eigenvalue weighted by atomic mass is 35.5. The highest BCUT2D eigenvalue weighted by Crippen LogP contribution is 2.31. The minimum Gasteiger partial charge on any atom is -0.497 e. The van der Waals surface area contributed by atoms with Gasteiger partial charge in [-0.2, -0.15) is 0 Å². The van der Waals surface area contributed by atoms with Crippen molar-refractivity contribution in [1.29, 1.82) is 0 Å². The van der Waals surface area contributed by atoms with Crippen molar-refractivity contribution in [2.75, 3.05) is 30.4 Å². The summed E-state index contributed by atoms with van der Waals surface area (Å²) in [6.45, 7) is 3.47. The summed E-state index contributed by atoms with van der Waals surface area (Å²) in [4.78, 5) is 20.7. The largest absolute Gasteiger partial charge is 0.497 e. The molecule has 1 saturated heterocycles. The van der Waals surface area contributed by atoms with E-state index >= 15 is 0 Å². The molecule has 0 aliphatic carbocycles. The van der Waals surface area contributed by atoms with Crippen molar-refractivity contribution < 1.29 is 9.53 Å². The predicted molar refractivity (Wildman–Crippen MR) is 133 cm³/mol. The van der Waals surface area contributed by atoms with Gasteiger partial charge in [-0.25, -0.2) is 9.50 Å². The number of carbonyl (C=O) groups is 1. The zero-order valence-electron chi connectivity index (χ0n) is 18.4. The number of fused-ring (bicyclic) bond motifs is 1. The second-order valence-electron chi connectivity index (χ2n) is 8.20. The summed E-state index contributed by atoms with van der Waals surface area (Å²) >= 11 is 7.64. The number of hydrogen-bond donors (Lipinski definition) is 1. The van der Waals surface area contributed by atoms with E-state index < -0.39 is 0 Å². The number of ether oxygens (including phenoxy) is 1. The van der Waals surface area contributed by atoms with E-state index in [2.05, 4.69) is 10.2 Å². The average molecular weight is 482 g/mol. The van der Waals surface area contributed by atoms with Crippen LogP contribution in [0.3, 0.4) is 0 Å². The van der Waals surface area contributed by atoms with Crippen molar-refractivity contribution in [2.45, 2.75) is 19.8 Å². The van der Waals surface area contributed by atoms with Crippen LogP contribution in [0.4, 0.5) is 10.8 Å². The number of carbonyl (C=O) groups excluding carboxylic acids is 1. The molecule has 1 N–H and O–H groups in total. The molecule has 9 heteroatoms. The standard InChI is InChI=1S/C24H24ClN5O2S/c1-15-5-8-18(25)12-20(15)26-22(31)17-4-3-11-29(13-17)24-28-30-14-21(27-23(30)33-24)16-6-9-19(32-2)10-7-16/h5-10,12,14,17H,3-4,11,13H2,1-2H3,(H,26,31)/t17-/m0/s1. The number of hydrogen-bond acceptors (Lipinski definition) is 6. The number of rotatable bonds is 5. The van der Waals surface area contributed by atoms with Crippen LogP contribution in [0.1, 0.15) is 18.4 Å². The Morgan fingerprint density at radius 3 is 2.82 bits per heavy atom. The summed E-state index contributed by atoms with van der Waals surface area (Å²) in [5.74, 6) is 0.728. The summed E-state index contributed by atoms with van der Waals surface area (Å²) in [6.07, 6.45) is 3.73. The van der Waals surface area contributed by atoms with Crippen molar-refractivity contribution in [2.24, 2.45) is 5.92 Å². The molecule has 1 aliphatic heterocycles. The summed E-state index contributed by atoms with van der Waals surface area (Å²) < 4.78 is 7.04. The number of amides is 1. The maximum Gasteiger partial charge on any atom is 0.229 e. The first-order chi connectivity index (χ1) is 16.0. The molecule has 4 aromatic rings. The fourth-order valence-corrected chi connectivity index (χ4v) is 5.14. The summed E-state index contributed by atoms with van der Waals surface area (Å²) in [7, 11) is 1.65. The van der Waals surface area contributed by atoms with E-state index in [4.69, 9.17) is 26.4 Å². The fraction of sp³-hybridized carbons (Fsp3) is 0.292. The van der Waals surface area contributed by atoms with E-state index in [0.717, 1.165) is 57.7 Å². The third-order valence-electron chi connectivity index (χ3n) is 5.94. The topological polar surface area (TPSA) is 71.8 Å². The first-order valence-corrected chi connectivity index (χ1v) is 12.0. The van der Waals surface area contributed by atoms with Crippen LogP contribution in [0, 0.1) is 12.8 Å². The number of aryl methyl sites for hydroxylation is 1. The lowest BCUT2D eigenvalue weighted by molar-refractivity contribution is -0.120. The van der Waals surface area contributed by atoms with Gasteiger partial charge in [0.1, 0.15) is 5.75 Å². The van der Waals surface area contributed by atoms with Gasteiger partial charge in [0.05, 0.1) is 24.9 Å². The molecule has 0 bridgehead atoms. The molecule has 1 atom stereocenters. The molecule has 2 aromatic heterocycles. The summed E-state index contributed by atoms with van der Waals surface area (Å²) in [5, 5.41) is 9.30. The van der Waals surface area contributed by atoms with Gasteiger partial charge < -0.3 is 15.0 Å². The molecule has 1 amide bonds. The van der Waals surface area contributed by atoms with Gasteiger partial charge in [0.25, 0.3) is 0 Å². The lowest BCUT2D eigenvalue weighted by atomic mass is 9.97. The maximum absolute atomic E-state index is 13.0. The second-order valence-corrected chi connectivity index (χ2v) is 9.57. The molecule has 0 saturated carbocycles. The van der Waals surface area contributed by atoms with Crippen molar-refractivity contribution in [1.82, 2.24) is 14.6 Å². The Hall–Kier alpha value is -3.10. The van der Waals surface area contributed by atoms with E-state index in [-0.39, 0.29) is 11.8 Å². The minimum atomic E-state index is -0.108. The first kappa shape index (κ1) is 21.7. The Morgan fingerprint density at radius 2 is 2.06 bits per heavy atom. The smallest absolute Gasteiger partial charge is 0.229 e. The zero-order chi connectivity index (χ0) is 22.9. The molecule has 0 spiro atoms. The third-order valence-corrected chi connectivity index (χ3v) is 7.16. The Morgan fingerprint density at radius 1 is 1.24 bits per heavy atom. The number of halogens is 1.